The summed E-state index contributed by atoms with van der Waals surface area (Å²) in [6.07, 6.45) is 2.05. The first kappa shape index (κ1) is 11.3. The van der Waals surface area contributed by atoms with Crippen molar-refractivity contribution in [3.05, 3.63) is 17.1 Å². The maximum absolute atomic E-state index is 10.7. The van der Waals surface area contributed by atoms with Crippen LogP contribution < -0.4 is 10.2 Å². The van der Waals surface area contributed by atoms with Crippen molar-refractivity contribution < 1.29 is 4.79 Å². The number of hydrogen-bond acceptors (Lipinski definition) is 6. The topological polar surface area (TPSA) is 58.1 Å². The monoisotopic (exact) mass is 274 g/mol. The fourth-order valence-electron chi connectivity index (χ4n) is 3.04. The number of thiazole rings is 1. The predicted octanol–water partition coefficient (Wildman–Crippen LogP) is 1.30. The van der Waals surface area contributed by atoms with E-state index < -0.39 is 0 Å². The van der Waals surface area contributed by atoms with Gasteiger partial charge in [-0.3, -0.25) is 4.79 Å². The van der Waals surface area contributed by atoms with E-state index in [4.69, 9.17) is 0 Å². The minimum Gasteiger partial charge on any atom is -0.355 e. The second-order valence-electron chi connectivity index (χ2n) is 5.45. The zero-order chi connectivity index (χ0) is 12.9. The molecule has 0 atom stereocenters. The lowest BCUT2D eigenvalue weighted by Gasteiger charge is -2.48. The Morgan fingerprint density at radius 1 is 1.37 bits per heavy atom. The smallest absolute Gasteiger partial charge is 0.178 e. The Morgan fingerprint density at radius 2 is 2.26 bits per heavy atom. The maximum atomic E-state index is 10.7. The van der Waals surface area contributed by atoms with Crippen LogP contribution in [0.25, 0.3) is 10.3 Å². The molecule has 98 valence electrons. The molecule has 0 radical (unpaired) electrons. The van der Waals surface area contributed by atoms with Gasteiger partial charge in [0.25, 0.3) is 0 Å². The van der Waals surface area contributed by atoms with Crippen LogP contribution in [-0.4, -0.2) is 42.4 Å². The third kappa shape index (κ3) is 1.74. The molecular formula is C13H14N4OS. The Labute approximate surface area is 114 Å². The number of nitrogens with one attached hydrogen (secondary N) is 1. The summed E-state index contributed by atoms with van der Waals surface area (Å²) in [5.41, 5.74) is 1.28. The molecule has 4 rings (SSSR count). The highest BCUT2D eigenvalue weighted by Gasteiger charge is 2.45. The molecule has 1 spiro atoms. The fraction of sp³-hybridized carbons (Fsp3) is 0.462. The van der Waals surface area contributed by atoms with Gasteiger partial charge in [0, 0.05) is 25.0 Å². The maximum Gasteiger partial charge on any atom is 0.178 e. The van der Waals surface area contributed by atoms with Crippen molar-refractivity contribution in [1.82, 2.24) is 15.3 Å². The number of aromatic nitrogens is 2. The van der Waals surface area contributed by atoms with Crippen LogP contribution in [0.3, 0.4) is 0 Å². The van der Waals surface area contributed by atoms with E-state index in [1.54, 1.807) is 0 Å². The molecule has 2 aromatic rings. The molecule has 2 aliphatic rings. The fourth-order valence-corrected chi connectivity index (χ4v) is 3.79. The van der Waals surface area contributed by atoms with Crippen molar-refractivity contribution in [2.45, 2.75) is 6.42 Å². The van der Waals surface area contributed by atoms with E-state index in [2.05, 4.69) is 20.2 Å². The van der Waals surface area contributed by atoms with Gasteiger partial charge in [-0.2, -0.15) is 0 Å². The number of carbonyl (C=O) groups is 1. The lowest BCUT2D eigenvalue weighted by Crippen LogP contribution is -2.57. The van der Waals surface area contributed by atoms with Gasteiger partial charge in [-0.1, -0.05) is 11.3 Å². The van der Waals surface area contributed by atoms with E-state index in [1.165, 1.54) is 17.8 Å². The summed E-state index contributed by atoms with van der Waals surface area (Å²) in [7, 11) is 0. The molecule has 6 heteroatoms. The lowest BCUT2D eigenvalue weighted by atomic mass is 9.79. The van der Waals surface area contributed by atoms with Crippen LogP contribution in [0.15, 0.2) is 12.1 Å². The average Bonchev–Trinajstić information content (AvgIpc) is 3.02. The molecule has 2 fully saturated rings. The predicted molar refractivity (Wildman–Crippen MR) is 74.9 cm³/mol. The summed E-state index contributed by atoms with van der Waals surface area (Å²) >= 11 is 1.36. The van der Waals surface area contributed by atoms with Crippen LogP contribution in [0.4, 0.5) is 5.82 Å². The van der Waals surface area contributed by atoms with Crippen molar-refractivity contribution >= 4 is 33.8 Å². The second-order valence-corrected chi connectivity index (χ2v) is 6.46. The zero-order valence-electron chi connectivity index (χ0n) is 10.4. The Balaban J connectivity index is 1.60. The number of aldehydes is 1. The molecule has 0 aromatic carbocycles. The average molecular weight is 274 g/mol. The Morgan fingerprint density at radius 3 is 3.00 bits per heavy atom. The zero-order valence-corrected chi connectivity index (χ0v) is 11.2. The van der Waals surface area contributed by atoms with E-state index >= 15 is 0 Å². The molecule has 0 unspecified atom stereocenters. The first-order valence-electron chi connectivity index (χ1n) is 6.47. The Hall–Kier alpha value is -1.53. The Bertz CT molecular complexity index is 639. The van der Waals surface area contributed by atoms with Crippen molar-refractivity contribution in [1.29, 1.82) is 0 Å². The molecular weight excluding hydrogens is 260 g/mol. The molecule has 2 saturated heterocycles. The molecule has 1 N–H and O–H groups in total. The number of carbonyl (C=O) groups excluding carboxylic acids is 1. The van der Waals surface area contributed by atoms with Crippen LogP contribution in [0.2, 0.25) is 0 Å². The first-order chi connectivity index (χ1) is 9.28. The molecule has 0 bridgehead atoms. The lowest BCUT2D eigenvalue weighted by molar-refractivity contribution is 0.112. The third-order valence-corrected chi connectivity index (χ3v) is 4.96. The molecule has 0 aliphatic carbocycles. The van der Waals surface area contributed by atoms with Gasteiger partial charge in [0.1, 0.15) is 16.2 Å². The van der Waals surface area contributed by atoms with Gasteiger partial charge < -0.3 is 10.2 Å². The molecule has 2 aliphatic heterocycles. The van der Waals surface area contributed by atoms with E-state index in [1.807, 2.05) is 12.1 Å². The van der Waals surface area contributed by atoms with Crippen molar-refractivity contribution in [2.75, 3.05) is 31.1 Å². The van der Waals surface area contributed by atoms with Crippen molar-refractivity contribution in [3.8, 4) is 0 Å². The van der Waals surface area contributed by atoms with Gasteiger partial charge in [0.05, 0.1) is 0 Å². The second kappa shape index (κ2) is 3.98. The highest BCUT2D eigenvalue weighted by Crippen LogP contribution is 2.38. The number of hydrogen-bond donors (Lipinski definition) is 1. The van der Waals surface area contributed by atoms with Crippen LogP contribution in [0, 0.1) is 5.41 Å². The van der Waals surface area contributed by atoms with E-state index in [0.29, 0.717) is 10.4 Å². The number of fused-ring (bicyclic) bond motifs is 1. The highest BCUT2D eigenvalue weighted by atomic mass is 32.1. The van der Waals surface area contributed by atoms with Gasteiger partial charge in [0.15, 0.2) is 11.3 Å². The minimum atomic E-state index is 0.471. The number of anilines is 1. The number of rotatable bonds is 2. The number of pyridine rings is 1. The van der Waals surface area contributed by atoms with Crippen LogP contribution >= 0.6 is 11.3 Å². The van der Waals surface area contributed by atoms with Crippen LogP contribution in [-0.2, 0) is 0 Å². The Kier molecular flexibility index (Phi) is 2.37. The molecule has 0 saturated carbocycles. The van der Waals surface area contributed by atoms with Crippen LogP contribution in [0.5, 0.6) is 0 Å². The molecule has 5 nitrogen and oxygen atoms in total. The van der Waals surface area contributed by atoms with E-state index in [0.717, 1.165) is 48.6 Å². The summed E-state index contributed by atoms with van der Waals surface area (Å²) in [6.45, 7) is 4.43. The number of nitrogens with zero attached hydrogens (tertiary/aromatic N) is 3. The van der Waals surface area contributed by atoms with Gasteiger partial charge in [-0.05, 0) is 25.1 Å². The van der Waals surface area contributed by atoms with Gasteiger partial charge in [0.2, 0.25) is 0 Å². The normalized spacial score (nSPS) is 20.9. The van der Waals surface area contributed by atoms with Gasteiger partial charge in [-0.15, -0.1) is 0 Å². The standard InChI is InChI=1S/C13H14N4OS/c18-5-11-15-9-1-2-10(16-12(9)19-11)17-7-13(8-17)3-4-14-6-13/h1-2,5,14H,3-4,6-8H2. The van der Waals surface area contributed by atoms with Gasteiger partial charge in [-0.25, -0.2) is 9.97 Å². The van der Waals surface area contributed by atoms with E-state index in [-0.39, 0.29) is 0 Å². The SMILES string of the molecule is O=Cc1nc2ccc(N3CC4(CCNC4)C3)nc2s1. The summed E-state index contributed by atoms with van der Waals surface area (Å²) in [6, 6.07) is 3.96. The van der Waals surface area contributed by atoms with E-state index in [9.17, 15) is 4.79 Å². The first-order valence-corrected chi connectivity index (χ1v) is 7.28. The minimum absolute atomic E-state index is 0.471. The third-order valence-electron chi connectivity index (χ3n) is 4.07. The summed E-state index contributed by atoms with van der Waals surface area (Å²) < 4.78 is 0. The molecule has 4 heterocycles. The molecule has 19 heavy (non-hydrogen) atoms. The summed E-state index contributed by atoms with van der Waals surface area (Å²) in [4.78, 5) is 22.7. The summed E-state index contributed by atoms with van der Waals surface area (Å²) in [5, 5.41) is 3.93. The summed E-state index contributed by atoms with van der Waals surface area (Å²) in [5.74, 6) is 1.01. The molecule has 0 amide bonds. The van der Waals surface area contributed by atoms with Crippen molar-refractivity contribution in [3.63, 3.8) is 0 Å². The van der Waals surface area contributed by atoms with Gasteiger partial charge >= 0.3 is 0 Å². The van der Waals surface area contributed by atoms with Crippen LogP contribution in [0.1, 0.15) is 16.2 Å². The molecule has 2 aromatic heterocycles. The highest BCUT2D eigenvalue weighted by molar-refractivity contribution is 7.19. The quantitative estimate of drug-likeness (QED) is 0.837. The largest absolute Gasteiger partial charge is 0.355 e. The van der Waals surface area contributed by atoms with Crippen molar-refractivity contribution in [2.24, 2.45) is 5.41 Å².